The maximum Gasteiger partial charge on any atom is 0.231 e. The second-order valence-corrected chi connectivity index (χ2v) is 3.59. The molecule has 1 heterocycles. The van der Waals surface area contributed by atoms with Gasteiger partial charge in [0, 0.05) is 12.0 Å². The van der Waals surface area contributed by atoms with Gasteiger partial charge in [0.2, 0.25) is 6.79 Å². The Morgan fingerprint density at radius 2 is 2.27 bits per heavy atom. The zero-order chi connectivity index (χ0) is 10.7. The average Bonchev–Trinajstić information content (AvgIpc) is 2.67. The highest BCUT2D eigenvalue weighted by Crippen LogP contribution is 2.35. The molecule has 0 fully saturated rings. The van der Waals surface area contributed by atoms with Gasteiger partial charge in [0.15, 0.2) is 11.5 Å². The topological polar surface area (TPSA) is 64.7 Å². The van der Waals surface area contributed by atoms with Gasteiger partial charge in [-0.1, -0.05) is 12.1 Å². The summed E-state index contributed by atoms with van der Waals surface area (Å²) in [6.07, 6.45) is 0.750. The predicted molar refractivity (Wildman–Crippen MR) is 55.9 cm³/mol. The van der Waals surface area contributed by atoms with Crippen molar-refractivity contribution in [3.8, 4) is 11.5 Å². The number of ether oxygens (including phenoxy) is 2. The highest BCUT2D eigenvalue weighted by Gasteiger charge is 2.18. The molecular weight excluding hydrogens is 194 g/mol. The lowest BCUT2D eigenvalue weighted by molar-refractivity contribution is 0.160. The SMILES string of the molecule is NCCC(O)Cc1cccc2c1OCO2. The van der Waals surface area contributed by atoms with E-state index in [1.54, 1.807) is 0 Å². The van der Waals surface area contributed by atoms with Gasteiger partial charge >= 0.3 is 0 Å². The summed E-state index contributed by atoms with van der Waals surface area (Å²) in [5, 5.41) is 9.66. The molecule has 4 nitrogen and oxygen atoms in total. The Kier molecular flexibility index (Phi) is 3.08. The summed E-state index contributed by atoms with van der Waals surface area (Å²) in [5.41, 5.74) is 6.36. The van der Waals surface area contributed by atoms with E-state index in [1.165, 1.54) is 0 Å². The van der Waals surface area contributed by atoms with Gasteiger partial charge in [-0.3, -0.25) is 0 Å². The molecule has 0 spiro atoms. The molecule has 15 heavy (non-hydrogen) atoms. The van der Waals surface area contributed by atoms with Gasteiger partial charge in [0.1, 0.15) is 0 Å². The summed E-state index contributed by atoms with van der Waals surface area (Å²) in [6, 6.07) is 5.70. The van der Waals surface area contributed by atoms with Crippen molar-refractivity contribution < 1.29 is 14.6 Å². The van der Waals surface area contributed by atoms with E-state index in [0.29, 0.717) is 19.4 Å². The molecule has 1 aliphatic heterocycles. The van der Waals surface area contributed by atoms with Crippen LogP contribution in [0.3, 0.4) is 0 Å². The highest BCUT2D eigenvalue weighted by atomic mass is 16.7. The summed E-state index contributed by atoms with van der Waals surface area (Å²) in [4.78, 5) is 0. The van der Waals surface area contributed by atoms with E-state index in [1.807, 2.05) is 18.2 Å². The summed E-state index contributed by atoms with van der Waals surface area (Å²) >= 11 is 0. The molecule has 3 N–H and O–H groups in total. The third kappa shape index (κ3) is 2.22. The first kappa shape index (κ1) is 10.3. The molecule has 0 aromatic heterocycles. The molecule has 1 unspecified atom stereocenters. The molecule has 0 amide bonds. The predicted octanol–water partition coefficient (Wildman–Crippen LogP) is 0.667. The monoisotopic (exact) mass is 209 g/mol. The lowest BCUT2D eigenvalue weighted by Crippen LogP contribution is -2.16. The zero-order valence-corrected chi connectivity index (χ0v) is 8.48. The van der Waals surface area contributed by atoms with E-state index >= 15 is 0 Å². The molecule has 1 aliphatic rings. The van der Waals surface area contributed by atoms with Crippen LogP contribution in [0, 0.1) is 0 Å². The van der Waals surface area contributed by atoms with E-state index < -0.39 is 6.10 Å². The first-order chi connectivity index (χ1) is 7.31. The Morgan fingerprint density at radius 1 is 1.40 bits per heavy atom. The van der Waals surface area contributed by atoms with Gasteiger partial charge in [-0.15, -0.1) is 0 Å². The van der Waals surface area contributed by atoms with Crippen molar-refractivity contribution >= 4 is 0 Å². The third-order valence-electron chi connectivity index (χ3n) is 2.43. The molecule has 2 rings (SSSR count). The average molecular weight is 209 g/mol. The van der Waals surface area contributed by atoms with Gasteiger partial charge in [0.25, 0.3) is 0 Å². The molecule has 4 heteroatoms. The van der Waals surface area contributed by atoms with Crippen LogP contribution in [-0.2, 0) is 6.42 Å². The van der Waals surface area contributed by atoms with Gasteiger partial charge in [-0.05, 0) is 19.0 Å². The van der Waals surface area contributed by atoms with E-state index in [9.17, 15) is 5.11 Å². The molecule has 0 aliphatic carbocycles. The second-order valence-electron chi connectivity index (χ2n) is 3.59. The third-order valence-corrected chi connectivity index (χ3v) is 2.43. The Morgan fingerprint density at radius 3 is 3.07 bits per heavy atom. The van der Waals surface area contributed by atoms with E-state index in [2.05, 4.69) is 0 Å². The van der Waals surface area contributed by atoms with Crippen molar-refractivity contribution in [1.29, 1.82) is 0 Å². The minimum Gasteiger partial charge on any atom is -0.454 e. The minimum absolute atomic E-state index is 0.263. The number of aliphatic hydroxyl groups is 1. The quantitative estimate of drug-likeness (QED) is 0.765. The highest BCUT2D eigenvalue weighted by molar-refractivity contribution is 5.48. The number of hydrogen-bond acceptors (Lipinski definition) is 4. The second kappa shape index (κ2) is 4.51. The molecule has 1 aromatic carbocycles. The molecule has 0 saturated carbocycles. The fourth-order valence-electron chi connectivity index (χ4n) is 1.70. The van der Waals surface area contributed by atoms with E-state index in [0.717, 1.165) is 17.1 Å². The van der Waals surface area contributed by atoms with Gasteiger partial charge in [-0.2, -0.15) is 0 Å². The first-order valence-electron chi connectivity index (χ1n) is 5.07. The molecule has 82 valence electrons. The van der Waals surface area contributed by atoms with Crippen LogP contribution in [-0.4, -0.2) is 24.5 Å². The zero-order valence-electron chi connectivity index (χ0n) is 8.48. The van der Waals surface area contributed by atoms with Crippen LogP contribution in [0.15, 0.2) is 18.2 Å². The number of nitrogens with two attached hydrogens (primary N) is 1. The number of benzene rings is 1. The van der Waals surface area contributed by atoms with Crippen LogP contribution < -0.4 is 15.2 Å². The molecule has 0 saturated heterocycles. The van der Waals surface area contributed by atoms with Crippen LogP contribution in [0.25, 0.3) is 0 Å². The smallest absolute Gasteiger partial charge is 0.231 e. The van der Waals surface area contributed by atoms with Gasteiger partial charge in [-0.25, -0.2) is 0 Å². The molecule has 0 radical (unpaired) electrons. The Hall–Kier alpha value is -1.26. The Bertz CT molecular complexity index is 341. The maximum atomic E-state index is 9.66. The summed E-state index contributed by atoms with van der Waals surface area (Å²) in [6.45, 7) is 0.757. The van der Waals surface area contributed by atoms with Crippen molar-refractivity contribution in [1.82, 2.24) is 0 Å². The molecule has 1 atom stereocenters. The standard InChI is InChI=1S/C11H15NO3/c12-5-4-9(13)6-8-2-1-3-10-11(8)15-7-14-10/h1-3,9,13H,4-7,12H2. The lowest BCUT2D eigenvalue weighted by Gasteiger charge is -2.10. The molecule has 1 aromatic rings. The van der Waals surface area contributed by atoms with Crippen LogP contribution in [0.5, 0.6) is 11.5 Å². The molecule has 0 bridgehead atoms. The lowest BCUT2D eigenvalue weighted by atomic mass is 10.0. The number of rotatable bonds is 4. The number of fused-ring (bicyclic) bond motifs is 1. The van der Waals surface area contributed by atoms with Crippen LogP contribution in [0.4, 0.5) is 0 Å². The Labute approximate surface area is 88.6 Å². The van der Waals surface area contributed by atoms with Crippen LogP contribution >= 0.6 is 0 Å². The molecular formula is C11H15NO3. The number of aliphatic hydroxyl groups excluding tert-OH is 1. The maximum absolute atomic E-state index is 9.66. The van der Waals surface area contributed by atoms with Crippen molar-refractivity contribution in [2.45, 2.75) is 18.9 Å². The fraction of sp³-hybridized carbons (Fsp3) is 0.455. The van der Waals surface area contributed by atoms with Crippen molar-refractivity contribution in [3.05, 3.63) is 23.8 Å². The number of hydrogen-bond donors (Lipinski definition) is 2. The van der Waals surface area contributed by atoms with Crippen molar-refractivity contribution in [2.75, 3.05) is 13.3 Å². The largest absolute Gasteiger partial charge is 0.454 e. The van der Waals surface area contributed by atoms with Crippen LogP contribution in [0.1, 0.15) is 12.0 Å². The van der Waals surface area contributed by atoms with Gasteiger partial charge < -0.3 is 20.3 Å². The van der Waals surface area contributed by atoms with E-state index in [4.69, 9.17) is 15.2 Å². The summed E-state index contributed by atoms with van der Waals surface area (Å²) in [7, 11) is 0. The van der Waals surface area contributed by atoms with Crippen molar-refractivity contribution in [3.63, 3.8) is 0 Å². The summed E-state index contributed by atoms with van der Waals surface area (Å²) < 4.78 is 10.6. The van der Waals surface area contributed by atoms with Crippen molar-refractivity contribution in [2.24, 2.45) is 5.73 Å². The van der Waals surface area contributed by atoms with E-state index in [-0.39, 0.29) is 6.79 Å². The fourth-order valence-corrected chi connectivity index (χ4v) is 1.70. The minimum atomic E-state index is -0.411. The summed E-state index contributed by atoms with van der Waals surface area (Å²) in [5.74, 6) is 1.51. The number of para-hydroxylation sites is 1. The Balaban J connectivity index is 2.11. The first-order valence-corrected chi connectivity index (χ1v) is 5.07. The van der Waals surface area contributed by atoms with Crippen LogP contribution in [0.2, 0.25) is 0 Å². The van der Waals surface area contributed by atoms with Gasteiger partial charge in [0.05, 0.1) is 6.10 Å². The normalized spacial score (nSPS) is 15.3.